The van der Waals surface area contributed by atoms with Crippen LogP contribution < -0.4 is 10.6 Å². The van der Waals surface area contributed by atoms with Crippen LogP contribution in [0.5, 0.6) is 0 Å². The van der Waals surface area contributed by atoms with Crippen LogP contribution in [-0.4, -0.2) is 44.5 Å². The van der Waals surface area contributed by atoms with Crippen molar-refractivity contribution < 1.29 is 13.2 Å². The molecule has 2 fully saturated rings. The van der Waals surface area contributed by atoms with Crippen LogP contribution in [0.15, 0.2) is 0 Å². The van der Waals surface area contributed by atoms with Gasteiger partial charge in [-0.1, -0.05) is 6.92 Å². The molecular formula is C11H20N2O3S. The van der Waals surface area contributed by atoms with Gasteiger partial charge in [-0.05, 0) is 31.7 Å². The Bertz CT molecular complexity index is 394. The lowest BCUT2D eigenvalue weighted by Crippen LogP contribution is -2.53. The highest BCUT2D eigenvalue weighted by molar-refractivity contribution is 7.91. The number of nitrogens with one attached hydrogen (secondary N) is 2. The van der Waals surface area contributed by atoms with Crippen LogP contribution in [0, 0.1) is 5.92 Å². The van der Waals surface area contributed by atoms with Crippen LogP contribution in [0.1, 0.15) is 26.2 Å². The van der Waals surface area contributed by atoms with Gasteiger partial charge >= 0.3 is 0 Å². The topological polar surface area (TPSA) is 75.3 Å². The van der Waals surface area contributed by atoms with Crippen molar-refractivity contribution in [1.82, 2.24) is 10.6 Å². The van der Waals surface area contributed by atoms with Gasteiger partial charge in [0.1, 0.15) is 0 Å². The van der Waals surface area contributed by atoms with E-state index in [1.54, 1.807) is 0 Å². The summed E-state index contributed by atoms with van der Waals surface area (Å²) in [5.74, 6) is 0.576. The predicted octanol–water partition coefficient (Wildman–Crippen LogP) is -0.322. The van der Waals surface area contributed by atoms with Crippen LogP contribution in [0.25, 0.3) is 0 Å². The zero-order chi connectivity index (χ0) is 12.5. The van der Waals surface area contributed by atoms with E-state index >= 15 is 0 Å². The van der Waals surface area contributed by atoms with Crippen LogP contribution in [0.2, 0.25) is 0 Å². The Morgan fingerprint density at radius 1 is 1.35 bits per heavy atom. The van der Waals surface area contributed by atoms with Crippen LogP contribution >= 0.6 is 0 Å². The van der Waals surface area contributed by atoms with E-state index in [4.69, 9.17) is 0 Å². The fourth-order valence-electron chi connectivity index (χ4n) is 2.60. The summed E-state index contributed by atoms with van der Waals surface area (Å²) in [6.07, 6.45) is 2.70. The van der Waals surface area contributed by atoms with E-state index in [1.807, 2.05) is 0 Å². The third-order valence-electron chi connectivity index (χ3n) is 3.63. The maximum absolute atomic E-state index is 12.0. The zero-order valence-electron chi connectivity index (χ0n) is 10.1. The standard InChI is InChI=1S/C11H20N2O3S/c1-8-3-2-5-12-10(8)11(14)13-9-4-6-17(15,16)7-9/h8-10,12H,2-7H2,1H3,(H,13,14). The molecule has 3 unspecified atom stereocenters. The molecule has 0 bridgehead atoms. The molecule has 5 nitrogen and oxygen atoms in total. The summed E-state index contributed by atoms with van der Waals surface area (Å²) in [4.78, 5) is 12.0. The molecule has 3 atom stereocenters. The molecule has 2 aliphatic heterocycles. The van der Waals surface area contributed by atoms with Gasteiger partial charge in [-0.3, -0.25) is 4.79 Å². The van der Waals surface area contributed by atoms with E-state index in [9.17, 15) is 13.2 Å². The molecule has 2 saturated heterocycles. The highest BCUT2D eigenvalue weighted by atomic mass is 32.2. The molecule has 0 aromatic rings. The van der Waals surface area contributed by atoms with Gasteiger partial charge in [0.2, 0.25) is 5.91 Å². The quantitative estimate of drug-likeness (QED) is 0.713. The van der Waals surface area contributed by atoms with Gasteiger partial charge in [0.05, 0.1) is 17.5 Å². The molecule has 0 aromatic heterocycles. The lowest BCUT2D eigenvalue weighted by Gasteiger charge is -2.29. The molecular weight excluding hydrogens is 240 g/mol. The minimum Gasteiger partial charge on any atom is -0.351 e. The molecule has 2 N–H and O–H groups in total. The SMILES string of the molecule is CC1CCCNC1C(=O)NC1CCS(=O)(=O)C1. The van der Waals surface area contributed by atoms with Gasteiger partial charge in [0.15, 0.2) is 9.84 Å². The number of carbonyl (C=O) groups is 1. The Morgan fingerprint density at radius 2 is 2.12 bits per heavy atom. The van der Waals surface area contributed by atoms with E-state index in [1.165, 1.54) is 0 Å². The van der Waals surface area contributed by atoms with Crippen molar-refractivity contribution in [2.75, 3.05) is 18.1 Å². The van der Waals surface area contributed by atoms with E-state index < -0.39 is 9.84 Å². The third kappa shape index (κ3) is 3.19. The van der Waals surface area contributed by atoms with Crippen LogP contribution in [0.4, 0.5) is 0 Å². The van der Waals surface area contributed by atoms with E-state index in [0.717, 1.165) is 19.4 Å². The number of carbonyl (C=O) groups excluding carboxylic acids is 1. The molecule has 0 spiro atoms. The Labute approximate surface area is 102 Å². The molecule has 0 saturated carbocycles. The fourth-order valence-corrected chi connectivity index (χ4v) is 4.27. The summed E-state index contributed by atoms with van der Waals surface area (Å²) in [6, 6.07) is -0.351. The molecule has 0 radical (unpaired) electrons. The molecule has 17 heavy (non-hydrogen) atoms. The zero-order valence-corrected chi connectivity index (χ0v) is 10.9. The molecule has 98 valence electrons. The summed E-state index contributed by atoms with van der Waals surface area (Å²) >= 11 is 0. The van der Waals surface area contributed by atoms with Gasteiger partial charge in [0.25, 0.3) is 0 Å². The maximum Gasteiger partial charge on any atom is 0.237 e. The highest BCUT2D eigenvalue weighted by Crippen LogP contribution is 2.17. The third-order valence-corrected chi connectivity index (χ3v) is 5.40. The molecule has 1 amide bonds. The summed E-state index contributed by atoms with van der Waals surface area (Å²) in [5.41, 5.74) is 0. The average molecular weight is 260 g/mol. The van der Waals surface area contributed by atoms with Gasteiger partial charge < -0.3 is 10.6 Å². The number of sulfone groups is 1. The van der Waals surface area contributed by atoms with Crippen molar-refractivity contribution in [1.29, 1.82) is 0 Å². The summed E-state index contributed by atoms with van der Waals surface area (Å²) < 4.78 is 22.6. The summed E-state index contributed by atoms with van der Waals surface area (Å²) in [5, 5.41) is 6.06. The maximum atomic E-state index is 12.0. The lowest BCUT2D eigenvalue weighted by molar-refractivity contribution is -0.125. The second-order valence-electron chi connectivity index (χ2n) is 5.16. The molecule has 2 aliphatic rings. The van der Waals surface area contributed by atoms with Gasteiger partial charge in [0, 0.05) is 6.04 Å². The van der Waals surface area contributed by atoms with Crippen molar-refractivity contribution in [3.8, 4) is 0 Å². The first kappa shape index (κ1) is 12.8. The number of piperidine rings is 1. The Morgan fingerprint density at radius 3 is 2.71 bits per heavy atom. The number of hydrogen-bond acceptors (Lipinski definition) is 4. The highest BCUT2D eigenvalue weighted by Gasteiger charge is 2.33. The normalized spacial score (nSPS) is 36.6. The van der Waals surface area contributed by atoms with Crippen molar-refractivity contribution in [2.24, 2.45) is 5.92 Å². The number of rotatable bonds is 2. The second-order valence-corrected chi connectivity index (χ2v) is 7.39. The number of hydrogen-bond donors (Lipinski definition) is 2. The molecule has 2 rings (SSSR count). The first-order valence-electron chi connectivity index (χ1n) is 6.22. The smallest absolute Gasteiger partial charge is 0.237 e. The second kappa shape index (κ2) is 4.94. The van der Waals surface area contributed by atoms with Crippen molar-refractivity contribution >= 4 is 15.7 Å². The minimum atomic E-state index is -2.92. The average Bonchev–Trinajstić information content (AvgIpc) is 2.58. The molecule has 0 aliphatic carbocycles. The molecule has 0 aromatic carbocycles. The van der Waals surface area contributed by atoms with Gasteiger partial charge in [-0.25, -0.2) is 8.42 Å². The summed E-state index contributed by atoms with van der Waals surface area (Å²) in [6.45, 7) is 2.92. The fraction of sp³-hybridized carbons (Fsp3) is 0.909. The van der Waals surface area contributed by atoms with E-state index in [-0.39, 0.29) is 29.5 Å². The Hall–Kier alpha value is -0.620. The largest absolute Gasteiger partial charge is 0.351 e. The first-order valence-corrected chi connectivity index (χ1v) is 8.04. The van der Waals surface area contributed by atoms with E-state index in [2.05, 4.69) is 17.6 Å². The first-order chi connectivity index (χ1) is 7.98. The van der Waals surface area contributed by atoms with Crippen molar-refractivity contribution in [3.63, 3.8) is 0 Å². The Balaban J connectivity index is 1.89. The molecule has 2 heterocycles. The monoisotopic (exact) mass is 260 g/mol. The minimum absolute atomic E-state index is 0.0423. The lowest BCUT2D eigenvalue weighted by atomic mass is 9.92. The Kier molecular flexibility index (Phi) is 3.73. The molecule has 6 heteroatoms. The van der Waals surface area contributed by atoms with Crippen molar-refractivity contribution in [2.45, 2.75) is 38.3 Å². The van der Waals surface area contributed by atoms with Crippen LogP contribution in [0.3, 0.4) is 0 Å². The predicted molar refractivity (Wildman–Crippen MR) is 65.4 cm³/mol. The van der Waals surface area contributed by atoms with Crippen LogP contribution in [-0.2, 0) is 14.6 Å². The number of amides is 1. The van der Waals surface area contributed by atoms with Gasteiger partial charge in [-0.15, -0.1) is 0 Å². The van der Waals surface area contributed by atoms with Gasteiger partial charge in [-0.2, -0.15) is 0 Å². The van der Waals surface area contributed by atoms with E-state index in [0.29, 0.717) is 12.3 Å². The van der Waals surface area contributed by atoms with Crippen molar-refractivity contribution in [3.05, 3.63) is 0 Å². The summed E-state index contributed by atoms with van der Waals surface area (Å²) in [7, 11) is -2.92.